The van der Waals surface area contributed by atoms with Crippen LogP contribution >= 0.6 is 0 Å². The minimum Gasteiger partial charge on any atom is -0.330 e. The van der Waals surface area contributed by atoms with Crippen molar-refractivity contribution in [3.05, 3.63) is 12.2 Å². The summed E-state index contributed by atoms with van der Waals surface area (Å²) in [5.41, 5.74) is 5.46. The summed E-state index contributed by atoms with van der Waals surface area (Å²) >= 11 is 0. The Morgan fingerprint density at radius 1 is 0.611 bits per heavy atom. The lowest BCUT2D eigenvalue weighted by molar-refractivity contribution is 0.577. The van der Waals surface area contributed by atoms with Crippen molar-refractivity contribution in [1.29, 1.82) is 0 Å². The average Bonchev–Trinajstić information content (AvgIpc) is 2.39. The molecule has 0 aromatic carbocycles. The predicted octanol–water partition coefficient (Wildman–Crippen LogP) is 5.59. The van der Waals surface area contributed by atoms with Crippen LogP contribution in [0.15, 0.2) is 12.2 Å². The second-order valence-corrected chi connectivity index (χ2v) is 5.37. The zero-order valence-corrected chi connectivity index (χ0v) is 12.6. The Balaban J connectivity index is 2.99. The molecule has 0 rings (SSSR count). The van der Waals surface area contributed by atoms with Crippen LogP contribution in [0.5, 0.6) is 0 Å². The molecule has 0 spiro atoms. The van der Waals surface area contributed by atoms with Crippen molar-refractivity contribution in [2.24, 2.45) is 5.73 Å². The van der Waals surface area contributed by atoms with Gasteiger partial charge < -0.3 is 5.73 Å². The van der Waals surface area contributed by atoms with Crippen LogP contribution in [0.2, 0.25) is 0 Å². The van der Waals surface area contributed by atoms with E-state index < -0.39 is 0 Å². The van der Waals surface area contributed by atoms with E-state index in [1.807, 2.05) is 0 Å². The van der Waals surface area contributed by atoms with Crippen molar-refractivity contribution in [1.82, 2.24) is 0 Å². The van der Waals surface area contributed by atoms with Crippen LogP contribution in [0.25, 0.3) is 0 Å². The van der Waals surface area contributed by atoms with E-state index in [4.69, 9.17) is 5.73 Å². The highest BCUT2D eigenvalue weighted by Crippen LogP contribution is 2.10. The molecule has 1 heteroatoms. The van der Waals surface area contributed by atoms with Gasteiger partial charge in [-0.1, -0.05) is 70.4 Å². The fourth-order valence-electron chi connectivity index (χ4n) is 2.22. The largest absolute Gasteiger partial charge is 0.330 e. The highest BCUT2D eigenvalue weighted by molar-refractivity contribution is 4.81. The van der Waals surface area contributed by atoms with Gasteiger partial charge in [-0.2, -0.15) is 0 Å². The molecule has 0 atom stereocenters. The number of rotatable bonds is 14. The second kappa shape index (κ2) is 16.7. The van der Waals surface area contributed by atoms with Crippen molar-refractivity contribution in [3.63, 3.8) is 0 Å². The molecule has 0 aliphatic rings. The fourth-order valence-corrected chi connectivity index (χ4v) is 2.22. The van der Waals surface area contributed by atoms with Crippen molar-refractivity contribution in [2.45, 2.75) is 90.4 Å². The molecule has 0 aromatic heterocycles. The van der Waals surface area contributed by atoms with Gasteiger partial charge in [0.2, 0.25) is 0 Å². The zero-order chi connectivity index (χ0) is 13.3. The molecule has 0 radical (unpaired) electrons. The van der Waals surface area contributed by atoms with E-state index in [1.54, 1.807) is 0 Å². The summed E-state index contributed by atoms with van der Waals surface area (Å²) in [6.07, 6.45) is 22.4. The lowest BCUT2D eigenvalue weighted by Crippen LogP contribution is -1.97. The van der Waals surface area contributed by atoms with Gasteiger partial charge in [0.15, 0.2) is 0 Å². The molecule has 0 aliphatic heterocycles. The molecular weight excluding hydrogens is 218 g/mol. The monoisotopic (exact) mass is 253 g/mol. The predicted molar refractivity (Wildman–Crippen MR) is 83.9 cm³/mol. The summed E-state index contributed by atoms with van der Waals surface area (Å²) in [7, 11) is 0. The third kappa shape index (κ3) is 15.7. The fraction of sp³-hybridized carbons (Fsp3) is 0.882. The smallest absolute Gasteiger partial charge is 0.00773 e. The summed E-state index contributed by atoms with van der Waals surface area (Å²) in [6.45, 7) is 3.13. The summed E-state index contributed by atoms with van der Waals surface area (Å²) in [4.78, 5) is 0. The quantitative estimate of drug-likeness (QED) is 0.317. The van der Waals surface area contributed by atoms with E-state index >= 15 is 0 Å². The Labute approximate surface area is 115 Å². The van der Waals surface area contributed by atoms with Gasteiger partial charge in [0.05, 0.1) is 0 Å². The van der Waals surface area contributed by atoms with Crippen LogP contribution in [0.4, 0.5) is 0 Å². The van der Waals surface area contributed by atoms with Crippen molar-refractivity contribution in [2.75, 3.05) is 6.54 Å². The van der Waals surface area contributed by atoms with Crippen LogP contribution in [-0.4, -0.2) is 6.54 Å². The maximum atomic E-state index is 5.46. The molecular formula is C17H35N. The molecule has 18 heavy (non-hydrogen) atoms. The first-order valence-corrected chi connectivity index (χ1v) is 8.27. The van der Waals surface area contributed by atoms with Gasteiger partial charge >= 0.3 is 0 Å². The average molecular weight is 253 g/mol. The number of unbranched alkanes of at least 4 members (excludes halogenated alkanes) is 11. The molecule has 2 N–H and O–H groups in total. The molecule has 108 valence electrons. The molecule has 0 heterocycles. The van der Waals surface area contributed by atoms with Crippen LogP contribution in [0.1, 0.15) is 90.4 Å². The van der Waals surface area contributed by atoms with Crippen LogP contribution in [0, 0.1) is 0 Å². The van der Waals surface area contributed by atoms with E-state index in [2.05, 4.69) is 19.1 Å². The summed E-state index contributed by atoms with van der Waals surface area (Å²) in [6, 6.07) is 0. The second-order valence-electron chi connectivity index (χ2n) is 5.37. The summed E-state index contributed by atoms with van der Waals surface area (Å²) < 4.78 is 0. The normalized spacial score (nSPS) is 11.4. The van der Waals surface area contributed by atoms with Crippen LogP contribution < -0.4 is 5.73 Å². The first-order chi connectivity index (χ1) is 8.91. The topological polar surface area (TPSA) is 26.0 Å². The van der Waals surface area contributed by atoms with Gasteiger partial charge in [0.1, 0.15) is 0 Å². The molecule has 0 saturated heterocycles. The SMILES string of the molecule is CCCCCCCCCCC=CCCCCCN. The van der Waals surface area contributed by atoms with Crippen LogP contribution in [0.3, 0.4) is 0 Å². The summed E-state index contributed by atoms with van der Waals surface area (Å²) in [5.74, 6) is 0. The van der Waals surface area contributed by atoms with Gasteiger partial charge in [0.25, 0.3) is 0 Å². The summed E-state index contributed by atoms with van der Waals surface area (Å²) in [5, 5.41) is 0. The van der Waals surface area contributed by atoms with E-state index in [1.165, 1.54) is 83.5 Å². The maximum Gasteiger partial charge on any atom is -0.00773 e. The molecule has 0 aromatic rings. The molecule has 0 unspecified atom stereocenters. The van der Waals surface area contributed by atoms with Gasteiger partial charge in [-0.15, -0.1) is 0 Å². The standard InChI is InChI=1S/C17H35N/c1-2-3-4-5-6-7-8-9-10-11-12-13-14-15-16-17-18/h11-12H,2-10,13-18H2,1H3. The van der Waals surface area contributed by atoms with E-state index in [0.29, 0.717) is 0 Å². The van der Waals surface area contributed by atoms with Gasteiger partial charge in [0, 0.05) is 0 Å². The van der Waals surface area contributed by atoms with Crippen molar-refractivity contribution < 1.29 is 0 Å². The van der Waals surface area contributed by atoms with E-state index in [0.717, 1.165) is 6.54 Å². The molecule has 0 saturated carbocycles. The van der Waals surface area contributed by atoms with Crippen LogP contribution in [-0.2, 0) is 0 Å². The Bertz CT molecular complexity index is 163. The Hall–Kier alpha value is -0.300. The number of nitrogens with two attached hydrogens (primary N) is 1. The zero-order valence-electron chi connectivity index (χ0n) is 12.6. The van der Waals surface area contributed by atoms with Crippen molar-refractivity contribution >= 4 is 0 Å². The van der Waals surface area contributed by atoms with Gasteiger partial charge in [-0.25, -0.2) is 0 Å². The highest BCUT2D eigenvalue weighted by atomic mass is 14.5. The van der Waals surface area contributed by atoms with E-state index in [-0.39, 0.29) is 0 Å². The first-order valence-electron chi connectivity index (χ1n) is 8.27. The number of hydrogen-bond acceptors (Lipinski definition) is 1. The van der Waals surface area contributed by atoms with Crippen molar-refractivity contribution in [3.8, 4) is 0 Å². The third-order valence-corrected chi connectivity index (χ3v) is 3.47. The Morgan fingerprint density at radius 3 is 1.56 bits per heavy atom. The molecule has 0 amide bonds. The minimum absolute atomic E-state index is 0.849. The van der Waals surface area contributed by atoms with E-state index in [9.17, 15) is 0 Å². The lowest BCUT2D eigenvalue weighted by Gasteiger charge is -1.99. The third-order valence-electron chi connectivity index (χ3n) is 3.47. The Morgan fingerprint density at radius 2 is 1.06 bits per heavy atom. The lowest BCUT2D eigenvalue weighted by atomic mass is 10.1. The molecule has 1 nitrogen and oxygen atoms in total. The minimum atomic E-state index is 0.849. The highest BCUT2D eigenvalue weighted by Gasteiger charge is 1.90. The number of hydrogen-bond donors (Lipinski definition) is 1. The molecule has 0 bridgehead atoms. The van der Waals surface area contributed by atoms with Gasteiger partial charge in [-0.05, 0) is 38.6 Å². The molecule has 0 aliphatic carbocycles. The Kier molecular flexibility index (Phi) is 16.4. The number of allylic oxidation sites excluding steroid dienone is 2. The maximum absolute atomic E-state index is 5.46. The van der Waals surface area contributed by atoms with Gasteiger partial charge in [-0.3, -0.25) is 0 Å². The first kappa shape index (κ1) is 17.7. The molecule has 0 fully saturated rings.